The van der Waals surface area contributed by atoms with Crippen molar-refractivity contribution in [3.05, 3.63) is 63.4 Å². The molecule has 1 aliphatic rings. The van der Waals surface area contributed by atoms with E-state index in [2.05, 4.69) is 33.7 Å². The minimum absolute atomic E-state index is 0.0127. The zero-order chi connectivity index (χ0) is 22.8. The molecule has 0 saturated heterocycles. The summed E-state index contributed by atoms with van der Waals surface area (Å²) in [5, 5.41) is 13.1. The summed E-state index contributed by atoms with van der Waals surface area (Å²) in [5.41, 5.74) is 3.13. The van der Waals surface area contributed by atoms with Gasteiger partial charge in [-0.05, 0) is 69.0 Å². The summed E-state index contributed by atoms with van der Waals surface area (Å²) in [6.45, 7) is 6.11. The standard InChI is InChI=1S/C23H24Cl2N4O2S/c1-13-4-5-14(2)19(10-13)29-21(12-31-20-9-6-16(24)11-18(20)25)27-28-23(29)32-15(3)22(30)26-17-7-8-17/h4-6,9-11,15,17H,7-8,12H2,1-3H3,(H,26,30)/t15-/m0/s1. The molecule has 0 aliphatic heterocycles. The van der Waals surface area contributed by atoms with Crippen molar-refractivity contribution in [1.82, 2.24) is 20.1 Å². The maximum absolute atomic E-state index is 12.5. The van der Waals surface area contributed by atoms with Crippen LogP contribution in [-0.4, -0.2) is 32.0 Å². The number of carbonyl (C=O) groups excluding carboxylic acids is 1. The van der Waals surface area contributed by atoms with E-state index in [9.17, 15) is 4.79 Å². The molecular formula is C23H24Cl2N4O2S. The molecule has 1 atom stereocenters. The average molecular weight is 491 g/mol. The van der Waals surface area contributed by atoms with E-state index >= 15 is 0 Å². The second-order valence-electron chi connectivity index (χ2n) is 7.93. The Morgan fingerprint density at radius 3 is 2.72 bits per heavy atom. The van der Waals surface area contributed by atoms with E-state index in [0.29, 0.717) is 32.8 Å². The molecule has 1 N–H and O–H groups in total. The molecule has 1 fully saturated rings. The lowest BCUT2D eigenvalue weighted by molar-refractivity contribution is -0.120. The van der Waals surface area contributed by atoms with Gasteiger partial charge in [-0.1, -0.05) is 47.1 Å². The van der Waals surface area contributed by atoms with Crippen LogP contribution in [0.4, 0.5) is 0 Å². The van der Waals surface area contributed by atoms with Crippen molar-refractivity contribution in [2.24, 2.45) is 0 Å². The third-order valence-corrected chi connectivity index (χ3v) is 6.70. The van der Waals surface area contributed by atoms with E-state index in [1.807, 2.05) is 25.3 Å². The van der Waals surface area contributed by atoms with Crippen LogP contribution in [0.1, 0.15) is 36.7 Å². The van der Waals surface area contributed by atoms with E-state index in [0.717, 1.165) is 29.7 Å². The SMILES string of the molecule is Cc1ccc(C)c(-n2c(COc3ccc(Cl)cc3Cl)nnc2S[C@@H](C)C(=O)NC2CC2)c1. The van der Waals surface area contributed by atoms with Crippen LogP contribution in [0.2, 0.25) is 10.0 Å². The molecule has 0 bridgehead atoms. The van der Waals surface area contributed by atoms with Gasteiger partial charge >= 0.3 is 0 Å². The molecule has 6 nitrogen and oxygen atoms in total. The summed E-state index contributed by atoms with van der Waals surface area (Å²) in [6, 6.07) is 11.6. The van der Waals surface area contributed by atoms with Gasteiger partial charge in [0, 0.05) is 11.1 Å². The van der Waals surface area contributed by atoms with Crippen molar-refractivity contribution >= 4 is 40.9 Å². The summed E-state index contributed by atoms with van der Waals surface area (Å²) >= 11 is 13.6. The molecule has 0 radical (unpaired) electrons. The molecule has 2 aromatic carbocycles. The van der Waals surface area contributed by atoms with Gasteiger partial charge in [-0.2, -0.15) is 0 Å². The van der Waals surface area contributed by atoms with Crippen LogP contribution in [-0.2, 0) is 11.4 Å². The Balaban J connectivity index is 1.63. The fourth-order valence-corrected chi connectivity index (χ4v) is 4.52. The lowest BCUT2D eigenvalue weighted by atomic mass is 10.1. The first-order valence-electron chi connectivity index (χ1n) is 10.4. The van der Waals surface area contributed by atoms with Crippen LogP contribution in [0.3, 0.4) is 0 Å². The Morgan fingerprint density at radius 1 is 1.22 bits per heavy atom. The predicted molar refractivity (Wildman–Crippen MR) is 128 cm³/mol. The highest BCUT2D eigenvalue weighted by Crippen LogP contribution is 2.31. The fraction of sp³-hybridized carbons (Fsp3) is 0.348. The second-order valence-corrected chi connectivity index (χ2v) is 10.1. The summed E-state index contributed by atoms with van der Waals surface area (Å²) in [7, 11) is 0. The smallest absolute Gasteiger partial charge is 0.233 e. The van der Waals surface area contributed by atoms with Gasteiger partial charge in [-0.15, -0.1) is 10.2 Å². The van der Waals surface area contributed by atoms with Gasteiger partial charge < -0.3 is 10.1 Å². The first-order chi connectivity index (χ1) is 15.3. The Bertz CT molecular complexity index is 1150. The van der Waals surface area contributed by atoms with Crippen molar-refractivity contribution in [1.29, 1.82) is 0 Å². The molecule has 168 valence electrons. The summed E-state index contributed by atoms with van der Waals surface area (Å²) in [5.74, 6) is 1.14. The normalized spacial score (nSPS) is 14.3. The molecule has 0 unspecified atom stereocenters. The third kappa shape index (κ3) is 5.39. The first-order valence-corrected chi connectivity index (χ1v) is 12.0. The number of carbonyl (C=O) groups is 1. The molecule has 4 rings (SSSR count). The Kier molecular flexibility index (Phi) is 6.98. The van der Waals surface area contributed by atoms with E-state index in [1.165, 1.54) is 11.8 Å². The van der Waals surface area contributed by atoms with Gasteiger partial charge in [0.15, 0.2) is 11.0 Å². The number of amides is 1. The number of ether oxygens (including phenoxy) is 1. The van der Waals surface area contributed by atoms with Gasteiger partial charge in [0.1, 0.15) is 12.4 Å². The van der Waals surface area contributed by atoms with Gasteiger partial charge in [-0.25, -0.2) is 0 Å². The van der Waals surface area contributed by atoms with Crippen molar-refractivity contribution < 1.29 is 9.53 Å². The molecule has 1 amide bonds. The minimum Gasteiger partial charge on any atom is -0.484 e. The van der Waals surface area contributed by atoms with Crippen LogP contribution in [0, 0.1) is 13.8 Å². The summed E-state index contributed by atoms with van der Waals surface area (Å²) in [4.78, 5) is 12.5. The number of nitrogens with one attached hydrogen (secondary N) is 1. The van der Waals surface area contributed by atoms with Crippen LogP contribution in [0.25, 0.3) is 5.69 Å². The Labute approximate surface area is 201 Å². The van der Waals surface area contributed by atoms with E-state index < -0.39 is 0 Å². The number of halogens is 2. The predicted octanol–water partition coefficient (Wildman–Crippen LogP) is 5.53. The molecule has 9 heteroatoms. The topological polar surface area (TPSA) is 69.0 Å². The summed E-state index contributed by atoms with van der Waals surface area (Å²) < 4.78 is 7.89. The van der Waals surface area contributed by atoms with Gasteiger partial charge in [-0.3, -0.25) is 9.36 Å². The number of rotatable bonds is 8. The summed E-state index contributed by atoms with van der Waals surface area (Å²) in [6.07, 6.45) is 2.10. The highest BCUT2D eigenvalue weighted by atomic mass is 35.5. The molecule has 1 aromatic heterocycles. The van der Waals surface area contributed by atoms with Gasteiger partial charge in [0.2, 0.25) is 5.91 Å². The van der Waals surface area contributed by atoms with Crippen molar-refractivity contribution in [3.63, 3.8) is 0 Å². The molecular weight excluding hydrogens is 467 g/mol. The number of aryl methyl sites for hydroxylation is 2. The monoisotopic (exact) mass is 490 g/mol. The number of nitrogens with zero attached hydrogens (tertiary/aromatic N) is 3. The van der Waals surface area contributed by atoms with Crippen LogP contribution >= 0.6 is 35.0 Å². The third-order valence-electron chi connectivity index (χ3n) is 5.13. The molecule has 3 aromatic rings. The van der Waals surface area contributed by atoms with E-state index in [1.54, 1.807) is 18.2 Å². The molecule has 1 heterocycles. The number of thioether (sulfide) groups is 1. The van der Waals surface area contributed by atoms with Crippen molar-refractivity contribution in [3.8, 4) is 11.4 Å². The van der Waals surface area contributed by atoms with Crippen molar-refractivity contribution in [2.45, 2.75) is 56.7 Å². The molecule has 0 spiro atoms. The lowest BCUT2D eigenvalue weighted by Crippen LogP contribution is -2.32. The number of hydrogen-bond donors (Lipinski definition) is 1. The van der Waals surface area contributed by atoms with E-state index in [4.69, 9.17) is 27.9 Å². The van der Waals surface area contributed by atoms with E-state index in [-0.39, 0.29) is 17.8 Å². The fourth-order valence-electron chi connectivity index (χ4n) is 3.16. The second kappa shape index (κ2) is 9.73. The average Bonchev–Trinajstić information content (AvgIpc) is 3.48. The van der Waals surface area contributed by atoms with Crippen LogP contribution in [0.5, 0.6) is 5.75 Å². The van der Waals surface area contributed by atoms with Crippen LogP contribution in [0.15, 0.2) is 41.6 Å². The number of aromatic nitrogens is 3. The Morgan fingerprint density at radius 2 is 2.00 bits per heavy atom. The minimum atomic E-state index is -0.303. The largest absolute Gasteiger partial charge is 0.484 e. The van der Waals surface area contributed by atoms with Gasteiger partial charge in [0.05, 0.1) is 16.0 Å². The van der Waals surface area contributed by atoms with Gasteiger partial charge in [0.25, 0.3) is 0 Å². The Hall–Kier alpha value is -2.22. The highest BCUT2D eigenvalue weighted by Gasteiger charge is 2.28. The molecule has 32 heavy (non-hydrogen) atoms. The van der Waals surface area contributed by atoms with Crippen LogP contribution < -0.4 is 10.1 Å². The zero-order valence-electron chi connectivity index (χ0n) is 18.1. The highest BCUT2D eigenvalue weighted by molar-refractivity contribution is 8.00. The number of hydrogen-bond acceptors (Lipinski definition) is 5. The molecule has 1 saturated carbocycles. The maximum atomic E-state index is 12.5. The lowest BCUT2D eigenvalue weighted by Gasteiger charge is -2.16. The quantitative estimate of drug-likeness (QED) is 0.420. The molecule has 1 aliphatic carbocycles. The van der Waals surface area contributed by atoms with Crippen molar-refractivity contribution in [2.75, 3.05) is 0 Å². The maximum Gasteiger partial charge on any atom is 0.233 e. The zero-order valence-corrected chi connectivity index (χ0v) is 20.4. The first kappa shape index (κ1) is 23.0. The number of benzene rings is 2.